The largest absolute Gasteiger partial charge is 0.756 e. The number of piperazine rings is 1. The highest BCUT2D eigenvalue weighted by atomic mass is 16.9. The van der Waals surface area contributed by atoms with Gasteiger partial charge in [0.25, 0.3) is 5.09 Å². The van der Waals surface area contributed by atoms with Crippen LogP contribution in [0.1, 0.15) is 126 Å². The third-order valence-electron chi connectivity index (χ3n) is 7.95. The summed E-state index contributed by atoms with van der Waals surface area (Å²) in [5.74, 6) is 0.386. The van der Waals surface area contributed by atoms with Crippen molar-refractivity contribution in [2.24, 2.45) is 0 Å². The summed E-state index contributed by atoms with van der Waals surface area (Å²) in [4.78, 5) is 36.1. The van der Waals surface area contributed by atoms with E-state index < -0.39 is 11.0 Å². The van der Waals surface area contributed by atoms with Crippen molar-refractivity contribution in [1.82, 2.24) is 14.9 Å². The van der Waals surface area contributed by atoms with Crippen LogP contribution in [0.3, 0.4) is 0 Å². The van der Waals surface area contributed by atoms with Gasteiger partial charge in [-0.2, -0.15) is 0 Å². The highest BCUT2D eigenvalue weighted by Crippen LogP contribution is 2.17. The molecule has 0 aromatic carbocycles. The van der Waals surface area contributed by atoms with Crippen LogP contribution in [0, 0.1) is 15.3 Å². The minimum absolute atomic E-state index is 0.217. The van der Waals surface area contributed by atoms with Crippen molar-refractivity contribution in [2.45, 2.75) is 116 Å². The Balaban J connectivity index is 1.41. The first-order valence-corrected chi connectivity index (χ1v) is 16.2. The van der Waals surface area contributed by atoms with Crippen molar-refractivity contribution in [3.05, 3.63) is 39.2 Å². The van der Waals surface area contributed by atoms with Crippen LogP contribution in [0.2, 0.25) is 0 Å². The number of aromatic nitrogens is 1. The Kier molecular flexibility index (Phi) is 18.8. The topological polar surface area (TPSA) is 115 Å². The zero-order valence-corrected chi connectivity index (χ0v) is 25.5. The summed E-state index contributed by atoms with van der Waals surface area (Å²) in [7, 11) is 0. The van der Waals surface area contributed by atoms with E-state index >= 15 is 0 Å². The molecule has 0 spiro atoms. The molecular weight excluding hydrogens is 522 g/mol. The number of unbranched alkanes of at least 4 members (excludes halogenated alkanes) is 15. The van der Waals surface area contributed by atoms with E-state index in [1.807, 2.05) is 6.07 Å². The van der Waals surface area contributed by atoms with Crippen LogP contribution in [0.5, 0.6) is 0 Å². The summed E-state index contributed by atoms with van der Waals surface area (Å²) in [6.45, 7) is 7.78. The van der Waals surface area contributed by atoms with Crippen LogP contribution in [-0.2, 0) is 4.84 Å². The number of nitrogens with zero attached hydrogens (tertiary/aromatic N) is 5. The molecule has 0 radical (unpaired) electrons. The molecule has 0 bridgehead atoms. The first-order valence-electron chi connectivity index (χ1n) is 16.2. The van der Waals surface area contributed by atoms with Gasteiger partial charge in [0.2, 0.25) is 5.91 Å². The molecule has 2 heterocycles. The number of rotatable bonds is 24. The Bertz CT molecular complexity index is 818. The number of hydroxylamine groups is 2. The molecule has 1 aliphatic rings. The Morgan fingerprint density at radius 1 is 0.854 bits per heavy atom. The Morgan fingerprint density at radius 2 is 1.39 bits per heavy atom. The molecule has 0 saturated carbocycles. The zero-order valence-electron chi connectivity index (χ0n) is 25.5. The fourth-order valence-corrected chi connectivity index (χ4v) is 5.32. The normalized spacial score (nSPS) is 13.9. The van der Waals surface area contributed by atoms with E-state index in [2.05, 4.69) is 26.5 Å². The number of hydrogen-bond acceptors (Lipinski definition) is 8. The smallest absolute Gasteiger partial charge is 0.294 e. The highest BCUT2D eigenvalue weighted by molar-refractivity contribution is 5.94. The lowest BCUT2D eigenvalue weighted by Gasteiger charge is -2.35. The van der Waals surface area contributed by atoms with Crippen molar-refractivity contribution in [3.8, 4) is 0 Å². The lowest BCUT2D eigenvalue weighted by molar-refractivity contribution is -0.757. The monoisotopic (exact) mass is 576 g/mol. The van der Waals surface area contributed by atoms with Gasteiger partial charge in [-0.15, -0.1) is 10.1 Å². The van der Waals surface area contributed by atoms with E-state index in [-0.39, 0.29) is 13.2 Å². The fraction of sp³-hybridized carbons (Fsp3) is 0.806. The van der Waals surface area contributed by atoms with E-state index in [9.17, 15) is 20.1 Å². The molecule has 2 rings (SSSR count). The summed E-state index contributed by atoms with van der Waals surface area (Å²) < 4.78 is 0. The third-order valence-corrected chi connectivity index (χ3v) is 7.95. The summed E-state index contributed by atoms with van der Waals surface area (Å²) >= 11 is 0. The van der Waals surface area contributed by atoms with Gasteiger partial charge in [0.1, 0.15) is 5.82 Å². The SMILES string of the molecule is CCCCN1CCN(c2ccc(C(=O)N([O-])CCCCCCCCCCCCCCCCCO[N+](=O)[O-])cn2)CC1. The minimum Gasteiger partial charge on any atom is -0.756 e. The molecule has 0 unspecified atom stereocenters. The van der Waals surface area contributed by atoms with Crippen LogP contribution in [-0.4, -0.2) is 71.8 Å². The average Bonchev–Trinajstić information content (AvgIpc) is 2.99. The van der Waals surface area contributed by atoms with E-state index in [1.54, 1.807) is 12.3 Å². The zero-order chi connectivity index (χ0) is 29.5. The van der Waals surface area contributed by atoms with E-state index in [0.29, 0.717) is 10.6 Å². The first-order chi connectivity index (χ1) is 20.0. The second-order valence-electron chi connectivity index (χ2n) is 11.4. The molecule has 1 aliphatic heterocycles. The van der Waals surface area contributed by atoms with Gasteiger partial charge < -0.3 is 20.0 Å². The number of anilines is 1. The van der Waals surface area contributed by atoms with Crippen LogP contribution in [0.15, 0.2) is 18.3 Å². The Morgan fingerprint density at radius 3 is 1.88 bits per heavy atom. The minimum atomic E-state index is -0.720. The molecule has 234 valence electrons. The molecule has 0 aliphatic carbocycles. The maximum absolute atomic E-state index is 12.5. The molecule has 1 fully saturated rings. The molecule has 1 aromatic rings. The summed E-state index contributed by atoms with van der Waals surface area (Å²) in [5.41, 5.74) is 0.366. The first kappa shape index (κ1) is 34.7. The summed E-state index contributed by atoms with van der Waals surface area (Å²) in [5, 5.41) is 22.3. The molecule has 0 atom stereocenters. The van der Waals surface area contributed by atoms with Crippen LogP contribution >= 0.6 is 0 Å². The molecular formula is C31H54N5O5-. The van der Waals surface area contributed by atoms with Gasteiger partial charge in [-0.05, 0) is 37.9 Å². The van der Waals surface area contributed by atoms with Crippen molar-refractivity contribution in [2.75, 3.05) is 50.8 Å². The molecule has 1 amide bonds. The van der Waals surface area contributed by atoms with Gasteiger partial charge in [0, 0.05) is 38.9 Å². The third kappa shape index (κ3) is 15.9. The number of hydrogen-bond donors (Lipinski definition) is 0. The molecule has 0 N–H and O–H groups in total. The van der Waals surface area contributed by atoms with E-state index in [1.165, 1.54) is 70.6 Å². The second-order valence-corrected chi connectivity index (χ2v) is 11.4. The van der Waals surface area contributed by atoms with Gasteiger partial charge in [-0.25, -0.2) is 4.98 Å². The van der Waals surface area contributed by atoms with Gasteiger partial charge in [0.05, 0.1) is 12.2 Å². The quantitative estimate of drug-likeness (QED) is 0.0733. The van der Waals surface area contributed by atoms with Crippen molar-refractivity contribution >= 4 is 11.7 Å². The average molecular weight is 577 g/mol. The van der Waals surface area contributed by atoms with Crippen molar-refractivity contribution in [1.29, 1.82) is 0 Å². The maximum atomic E-state index is 12.5. The second kappa shape index (κ2) is 22.2. The molecule has 41 heavy (non-hydrogen) atoms. The lowest BCUT2D eigenvalue weighted by Crippen LogP contribution is -2.46. The van der Waals surface area contributed by atoms with Gasteiger partial charge in [-0.3, -0.25) is 9.69 Å². The molecule has 10 heteroatoms. The van der Waals surface area contributed by atoms with Gasteiger partial charge >= 0.3 is 0 Å². The number of carbonyl (C=O) groups is 1. The summed E-state index contributed by atoms with van der Waals surface area (Å²) in [6.07, 6.45) is 21.0. The molecule has 1 saturated heterocycles. The maximum Gasteiger partial charge on any atom is 0.294 e. The van der Waals surface area contributed by atoms with Crippen LogP contribution in [0.4, 0.5) is 5.82 Å². The number of carbonyl (C=O) groups excluding carboxylic acids is 1. The predicted octanol–water partition coefficient (Wildman–Crippen LogP) is 7.00. The fourth-order valence-electron chi connectivity index (χ4n) is 5.32. The lowest BCUT2D eigenvalue weighted by atomic mass is 10.0. The Hall–Kier alpha value is -2.46. The van der Waals surface area contributed by atoms with Gasteiger partial charge in [0.15, 0.2) is 0 Å². The van der Waals surface area contributed by atoms with Crippen LogP contribution in [0.25, 0.3) is 0 Å². The molecule has 10 nitrogen and oxygen atoms in total. The standard InChI is InChI=1S/C31H54N5O5/c1-2-3-21-33-23-25-34(26-24-33)30-20-19-29(28-32-30)31(37)35(38)22-17-15-13-11-9-7-5-4-6-8-10-12-14-16-18-27-41-36(39)40/h19-20,28H,2-18,21-27H2,1H3/q-1. The predicted molar refractivity (Wildman–Crippen MR) is 164 cm³/mol. The highest BCUT2D eigenvalue weighted by Gasteiger charge is 2.18. The number of amides is 1. The number of pyridine rings is 1. The van der Waals surface area contributed by atoms with Crippen LogP contribution < -0.4 is 4.90 Å². The van der Waals surface area contributed by atoms with Crippen molar-refractivity contribution in [3.63, 3.8) is 0 Å². The van der Waals surface area contributed by atoms with Crippen molar-refractivity contribution < 1.29 is 14.7 Å². The Labute approximate surface area is 247 Å². The molecule has 1 aromatic heterocycles. The van der Waals surface area contributed by atoms with E-state index in [4.69, 9.17) is 0 Å². The van der Waals surface area contributed by atoms with Gasteiger partial charge in [-0.1, -0.05) is 96.8 Å². The summed E-state index contributed by atoms with van der Waals surface area (Å²) in [6, 6.07) is 3.60. The van der Waals surface area contributed by atoms with E-state index in [0.717, 1.165) is 77.1 Å².